The first-order valence-electron chi connectivity index (χ1n) is 7.34. The molecular weight excluding hydrogens is 362 g/mol. The first-order chi connectivity index (χ1) is 11.9. The van der Waals surface area contributed by atoms with Crippen LogP contribution >= 0.6 is 23.4 Å². The number of benzene rings is 1. The number of carbonyl (C=O) groups excluding carboxylic acids is 1. The number of rotatable bonds is 5. The zero-order chi connectivity index (χ0) is 18.0. The molecule has 0 saturated carbocycles. The van der Waals surface area contributed by atoms with Crippen LogP contribution in [0, 0.1) is 6.92 Å². The highest BCUT2D eigenvalue weighted by atomic mass is 35.5. The van der Waals surface area contributed by atoms with Crippen LogP contribution in [0.25, 0.3) is 11.4 Å². The van der Waals surface area contributed by atoms with E-state index < -0.39 is 0 Å². The molecule has 0 unspecified atom stereocenters. The summed E-state index contributed by atoms with van der Waals surface area (Å²) in [5, 5.41) is 16.2. The fraction of sp³-hybridized carbons (Fsp3) is 0.200. The van der Waals surface area contributed by atoms with Gasteiger partial charge in [-0.05, 0) is 31.2 Å². The van der Waals surface area contributed by atoms with Crippen LogP contribution in [0.4, 0.5) is 5.82 Å². The van der Waals surface area contributed by atoms with Crippen LogP contribution < -0.4 is 11.2 Å². The van der Waals surface area contributed by atoms with Crippen molar-refractivity contribution < 1.29 is 4.79 Å². The standard InChI is InChI=1S/C15H16ClN7OS/c1-9-7-12(22(2)21-9)18-13(24)8-25-15-20-19-14(23(15)17)10-3-5-11(16)6-4-10/h3-7H,8,17H2,1-2H3,(H,18,24). The van der Waals surface area contributed by atoms with Gasteiger partial charge in [-0.3, -0.25) is 9.48 Å². The third kappa shape index (κ3) is 3.94. The van der Waals surface area contributed by atoms with Crippen molar-refractivity contribution in [1.82, 2.24) is 24.7 Å². The van der Waals surface area contributed by atoms with E-state index in [0.29, 0.717) is 21.8 Å². The van der Waals surface area contributed by atoms with Crippen molar-refractivity contribution in [1.29, 1.82) is 0 Å². The number of hydrogen-bond donors (Lipinski definition) is 2. The lowest BCUT2D eigenvalue weighted by Crippen LogP contribution is -2.18. The number of anilines is 1. The van der Waals surface area contributed by atoms with Gasteiger partial charge in [-0.1, -0.05) is 23.4 Å². The molecular formula is C15H16ClN7OS. The number of nitrogen functional groups attached to an aromatic ring is 1. The molecule has 0 aliphatic heterocycles. The smallest absolute Gasteiger partial charge is 0.235 e. The summed E-state index contributed by atoms with van der Waals surface area (Å²) in [5.41, 5.74) is 1.63. The Bertz CT molecular complexity index is 903. The van der Waals surface area contributed by atoms with E-state index in [-0.39, 0.29) is 11.7 Å². The van der Waals surface area contributed by atoms with Gasteiger partial charge in [0, 0.05) is 23.7 Å². The number of carbonyl (C=O) groups is 1. The van der Waals surface area contributed by atoms with Crippen molar-refractivity contribution in [2.75, 3.05) is 16.9 Å². The molecule has 0 saturated heterocycles. The Labute approximate surface area is 153 Å². The molecule has 0 aliphatic rings. The predicted molar refractivity (Wildman–Crippen MR) is 97.9 cm³/mol. The van der Waals surface area contributed by atoms with Crippen LogP contribution in [0.3, 0.4) is 0 Å². The third-order valence-corrected chi connectivity index (χ3v) is 4.56. The van der Waals surface area contributed by atoms with Gasteiger partial charge >= 0.3 is 0 Å². The Morgan fingerprint density at radius 2 is 2.04 bits per heavy atom. The number of aromatic nitrogens is 5. The summed E-state index contributed by atoms with van der Waals surface area (Å²) in [6.45, 7) is 1.86. The van der Waals surface area contributed by atoms with Crippen molar-refractivity contribution >= 4 is 35.1 Å². The highest BCUT2D eigenvalue weighted by molar-refractivity contribution is 7.99. The van der Waals surface area contributed by atoms with Crippen molar-refractivity contribution in [2.24, 2.45) is 7.05 Å². The summed E-state index contributed by atoms with van der Waals surface area (Å²) in [6.07, 6.45) is 0. The van der Waals surface area contributed by atoms with E-state index in [9.17, 15) is 4.79 Å². The number of hydrogen-bond acceptors (Lipinski definition) is 6. The predicted octanol–water partition coefficient (Wildman–Crippen LogP) is 2.09. The second-order valence-electron chi connectivity index (χ2n) is 5.31. The molecule has 1 amide bonds. The summed E-state index contributed by atoms with van der Waals surface area (Å²) in [7, 11) is 1.77. The van der Waals surface area contributed by atoms with Gasteiger partial charge in [-0.2, -0.15) is 5.10 Å². The minimum Gasteiger partial charge on any atom is -0.335 e. The van der Waals surface area contributed by atoms with Crippen LogP contribution in [-0.2, 0) is 11.8 Å². The fourth-order valence-corrected chi connectivity index (χ4v) is 2.99. The van der Waals surface area contributed by atoms with Gasteiger partial charge in [0.15, 0.2) is 5.82 Å². The SMILES string of the molecule is Cc1cc(NC(=O)CSc2nnc(-c3ccc(Cl)cc3)n2N)n(C)n1. The summed E-state index contributed by atoms with van der Waals surface area (Å²) in [4.78, 5) is 12.1. The summed E-state index contributed by atoms with van der Waals surface area (Å²) in [6, 6.07) is 8.92. The van der Waals surface area contributed by atoms with Crippen molar-refractivity contribution in [3.8, 4) is 11.4 Å². The molecule has 0 spiro atoms. The number of thioether (sulfide) groups is 1. The van der Waals surface area contributed by atoms with Crippen LogP contribution in [0.5, 0.6) is 0 Å². The van der Waals surface area contributed by atoms with Gasteiger partial charge in [-0.25, -0.2) is 4.68 Å². The Morgan fingerprint density at radius 3 is 2.68 bits per heavy atom. The Morgan fingerprint density at radius 1 is 1.32 bits per heavy atom. The summed E-state index contributed by atoms with van der Waals surface area (Å²) < 4.78 is 2.97. The van der Waals surface area contributed by atoms with Gasteiger partial charge in [0.1, 0.15) is 5.82 Å². The molecule has 3 N–H and O–H groups in total. The molecule has 0 aliphatic carbocycles. The van der Waals surface area contributed by atoms with E-state index in [2.05, 4.69) is 20.6 Å². The lowest BCUT2D eigenvalue weighted by molar-refractivity contribution is -0.113. The number of amides is 1. The monoisotopic (exact) mass is 377 g/mol. The van der Waals surface area contributed by atoms with Crippen LogP contribution in [0.15, 0.2) is 35.5 Å². The molecule has 10 heteroatoms. The van der Waals surface area contributed by atoms with Crippen LogP contribution in [0.1, 0.15) is 5.69 Å². The quantitative estimate of drug-likeness (QED) is 0.521. The lowest BCUT2D eigenvalue weighted by Gasteiger charge is -2.05. The Kier molecular flexibility index (Phi) is 4.95. The Balaban J connectivity index is 1.65. The lowest BCUT2D eigenvalue weighted by atomic mass is 10.2. The number of nitrogens with one attached hydrogen (secondary N) is 1. The molecule has 3 aromatic rings. The average molecular weight is 378 g/mol. The molecule has 2 aromatic heterocycles. The topological polar surface area (TPSA) is 104 Å². The van der Waals surface area contributed by atoms with E-state index in [1.165, 1.54) is 16.4 Å². The van der Waals surface area contributed by atoms with Crippen LogP contribution in [0.2, 0.25) is 5.02 Å². The molecule has 0 atom stereocenters. The number of nitrogens with two attached hydrogens (primary N) is 1. The molecule has 25 heavy (non-hydrogen) atoms. The molecule has 0 bridgehead atoms. The highest BCUT2D eigenvalue weighted by Gasteiger charge is 2.14. The first-order valence-corrected chi connectivity index (χ1v) is 8.70. The second kappa shape index (κ2) is 7.16. The molecule has 8 nitrogen and oxygen atoms in total. The minimum atomic E-state index is -0.177. The second-order valence-corrected chi connectivity index (χ2v) is 6.69. The molecule has 2 heterocycles. The first kappa shape index (κ1) is 17.3. The number of halogens is 1. The van der Waals surface area contributed by atoms with Crippen molar-refractivity contribution in [2.45, 2.75) is 12.1 Å². The van der Waals surface area contributed by atoms with E-state index in [1.807, 2.05) is 19.1 Å². The molecule has 1 aromatic carbocycles. The Hall–Kier alpha value is -2.52. The molecule has 3 rings (SSSR count). The zero-order valence-corrected chi connectivity index (χ0v) is 15.2. The van der Waals surface area contributed by atoms with Crippen LogP contribution in [-0.4, -0.2) is 36.3 Å². The van der Waals surface area contributed by atoms with Gasteiger partial charge in [0.2, 0.25) is 11.1 Å². The van der Waals surface area contributed by atoms with E-state index in [4.69, 9.17) is 17.4 Å². The van der Waals surface area contributed by atoms with E-state index in [1.54, 1.807) is 29.9 Å². The minimum absolute atomic E-state index is 0.153. The van der Waals surface area contributed by atoms with Gasteiger partial charge in [0.05, 0.1) is 11.4 Å². The van der Waals surface area contributed by atoms with E-state index in [0.717, 1.165) is 11.3 Å². The third-order valence-electron chi connectivity index (χ3n) is 3.37. The van der Waals surface area contributed by atoms with Gasteiger partial charge in [0.25, 0.3) is 0 Å². The fourth-order valence-electron chi connectivity index (χ4n) is 2.21. The summed E-state index contributed by atoms with van der Waals surface area (Å²) >= 11 is 7.08. The zero-order valence-electron chi connectivity index (χ0n) is 13.6. The van der Waals surface area contributed by atoms with E-state index >= 15 is 0 Å². The van der Waals surface area contributed by atoms with Crippen molar-refractivity contribution in [3.63, 3.8) is 0 Å². The normalized spacial score (nSPS) is 10.8. The number of aryl methyl sites for hydroxylation is 2. The number of nitrogens with zero attached hydrogens (tertiary/aromatic N) is 5. The largest absolute Gasteiger partial charge is 0.335 e. The maximum absolute atomic E-state index is 12.1. The molecule has 0 fully saturated rings. The van der Waals surface area contributed by atoms with Gasteiger partial charge in [-0.15, -0.1) is 10.2 Å². The van der Waals surface area contributed by atoms with Crippen molar-refractivity contribution in [3.05, 3.63) is 41.0 Å². The average Bonchev–Trinajstić information content (AvgIpc) is 3.08. The summed E-state index contributed by atoms with van der Waals surface area (Å²) in [5.74, 6) is 7.15. The highest BCUT2D eigenvalue weighted by Crippen LogP contribution is 2.23. The maximum atomic E-state index is 12.1. The maximum Gasteiger partial charge on any atom is 0.235 e. The van der Waals surface area contributed by atoms with Gasteiger partial charge < -0.3 is 11.2 Å². The molecule has 130 valence electrons. The molecule has 0 radical (unpaired) electrons.